The highest BCUT2D eigenvalue weighted by atomic mass is 14.9. The Bertz CT molecular complexity index is 294. The summed E-state index contributed by atoms with van der Waals surface area (Å²) in [6.45, 7) is 7.08. The number of nitrogens with one attached hydrogen (secondary N) is 1. The van der Waals surface area contributed by atoms with E-state index in [4.69, 9.17) is 5.73 Å². The van der Waals surface area contributed by atoms with Crippen LogP contribution in [0.5, 0.6) is 0 Å². The van der Waals surface area contributed by atoms with Gasteiger partial charge in [-0.2, -0.15) is 0 Å². The molecule has 1 atom stereocenters. The summed E-state index contributed by atoms with van der Waals surface area (Å²) in [6.07, 6.45) is 1.10. The molecule has 0 aliphatic heterocycles. The Morgan fingerprint density at radius 1 is 1.43 bits per heavy atom. The van der Waals surface area contributed by atoms with Gasteiger partial charge in [0.25, 0.3) is 0 Å². The van der Waals surface area contributed by atoms with Gasteiger partial charge < -0.3 is 11.1 Å². The molecule has 78 valence electrons. The van der Waals surface area contributed by atoms with Crippen molar-refractivity contribution in [3.05, 3.63) is 29.3 Å². The highest BCUT2D eigenvalue weighted by molar-refractivity contribution is 5.49. The van der Waals surface area contributed by atoms with Crippen LogP contribution in [0, 0.1) is 6.92 Å². The molecule has 0 fully saturated rings. The van der Waals surface area contributed by atoms with Crippen molar-refractivity contribution in [2.24, 2.45) is 5.73 Å². The quantitative estimate of drug-likeness (QED) is 0.768. The summed E-state index contributed by atoms with van der Waals surface area (Å²) < 4.78 is 0. The molecule has 0 heterocycles. The van der Waals surface area contributed by atoms with Crippen molar-refractivity contribution in [1.29, 1.82) is 0 Å². The molecule has 0 saturated heterocycles. The van der Waals surface area contributed by atoms with Gasteiger partial charge in [0.1, 0.15) is 0 Å². The zero-order valence-corrected chi connectivity index (χ0v) is 9.30. The second-order valence-corrected chi connectivity index (χ2v) is 3.78. The van der Waals surface area contributed by atoms with Crippen molar-refractivity contribution < 1.29 is 0 Å². The van der Waals surface area contributed by atoms with Crippen molar-refractivity contribution in [3.63, 3.8) is 0 Å². The standard InChI is InChI=1S/C12H20N2/c1-4-11-5-6-12(7-9(11)2)14-10(3)8-13/h5-7,10,14H,4,8,13H2,1-3H3. The average molecular weight is 192 g/mol. The first-order valence-electron chi connectivity index (χ1n) is 5.23. The van der Waals surface area contributed by atoms with E-state index < -0.39 is 0 Å². The molecule has 0 aliphatic carbocycles. The number of anilines is 1. The van der Waals surface area contributed by atoms with Gasteiger partial charge in [-0.25, -0.2) is 0 Å². The fourth-order valence-electron chi connectivity index (χ4n) is 1.53. The first kappa shape index (κ1) is 11.1. The summed E-state index contributed by atoms with van der Waals surface area (Å²) in [6, 6.07) is 6.83. The largest absolute Gasteiger partial charge is 0.381 e. The Kier molecular flexibility index (Phi) is 3.96. The number of aryl methyl sites for hydroxylation is 2. The number of benzene rings is 1. The predicted octanol–water partition coefficient (Wildman–Crippen LogP) is 2.32. The monoisotopic (exact) mass is 192 g/mol. The van der Waals surface area contributed by atoms with Crippen molar-refractivity contribution >= 4 is 5.69 Å². The van der Waals surface area contributed by atoms with Crippen LogP contribution in [0.15, 0.2) is 18.2 Å². The minimum atomic E-state index is 0.335. The number of hydrogen-bond acceptors (Lipinski definition) is 2. The van der Waals surface area contributed by atoms with Crippen LogP contribution in [0.3, 0.4) is 0 Å². The number of hydrogen-bond donors (Lipinski definition) is 2. The molecule has 0 aromatic heterocycles. The van der Waals surface area contributed by atoms with Crippen LogP contribution in [-0.4, -0.2) is 12.6 Å². The van der Waals surface area contributed by atoms with Gasteiger partial charge in [-0.1, -0.05) is 13.0 Å². The molecule has 2 nitrogen and oxygen atoms in total. The Labute approximate surface area is 86.5 Å². The molecular formula is C12H20N2. The molecule has 0 spiro atoms. The number of rotatable bonds is 4. The van der Waals surface area contributed by atoms with E-state index in [1.165, 1.54) is 11.1 Å². The van der Waals surface area contributed by atoms with Gasteiger partial charge >= 0.3 is 0 Å². The van der Waals surface area contributed by atoms with Crippen LogP contribution in [0.4, 0.5) is 5.69 Å². The third kappa shape index (κ3) is 2.74. The van der Waals surface area contributed by atoms with Crippen molar-refractivity contribution in [1.82, 2.24) is 0 Å². The molecule has 1 rings (SSSR count). The molecular weight excluding hydrogens is 172 g/mol. The first-order chi connectivity index (χ1) is 6.67. The zero-order valence-electron chi connectivity index (χ0n) is 9.30. The molecule has 1 aromatic carbocycles. The molecule has 1 unspecified atom stereocenters. The molecule has 0 aliphatic rings. The molecule has 0 radical (unpaired) electrons. The lowest BCUT2D eigenvalue weighted by molar-refractivity contribution is 0.803. The molecule has 0 amide bonds. The van der Waals surface area contributed by atoms with Gasteiger partial charge in [0.15, 0.2) is 0 Å². The van der Waals surface area contributed by atoms with Gasteiger partial charge in [0, 0.05) is 18.3 Å². The van der Waals surface area contributed by atoms with E-state index in [1.807, 2.05) is 0 Å². The molecule has 14 heavy (non-hydrogen) atoms. The second-order valence-electron chi connectivity index (χ2n) is 3.78. The highest BCUT2D eigenvalue weighted by Crippen LogP contribution is 2.16. The van der Waals surface area contributed by atoms with E-state index >= 15 is 0 Å². The topological polar surface area (TPSA) is 38.0 Å². The number of nitrogens with two attached hydrogens (primary N) is 1. The summed E-state index contributed by atoms with van der Waals surface area (Å²) >= 11 is 0. The molecule has 1 aromatic rings. The fraction of sp³-hybridized carbons (Fsp3) is 0.500. The van der Waals surface area contributed by atoms with Crippen LogP contribution in [0.1, 0.15) is 25.0 Å². The first-order valence-corrected chi connectivity index (χ1v) is 5.23. The smallest absolute Gasteiger partial charge is 0.0355 e. The molecule has 2 heteroatoms. The molecule has 3 N–H and O–H groups in total. The van der Waals surface area contributed by atoms with Crippen molar-refractivity contribution in [2.45, 2.75) is 33.2 Å². The average Bonchev–Trinajstić information content (AvgIpc) is 2.18. The summed E-state index contributed by atoms with van der Waals surface area (Å²) in [5.74, 6) is 0. The van der Waals surface area contributed by atoms with E-state index in [0.29, 0.717) is 12.6 Å². The Balaban J connectivity index is 2.76. The summed E-state index contributed by atoms with van der Waals surface area (Å²) in [4.78, 5) is 0. The summed E-state index contributed by atoms with van der Waals surface area (Å²) in [7, 11) is 0. The molecule has 0 bridgehead atoms. The SMILES string of the molecule is CCc1ccc(NC(C)CN)cc1C. The lowest BCUT2D eigenvalue weighted by atomic mass is 10.1. The second kappa shape index (κ2) is 5.01. The Hall–Kier alpha value is -1.02. The molecule has 0 saturated carbocycles. The minimum Gasteiger partial charge on any atom is -0.381 e. The Morgan fingerprint density at radius 3 is 2.64 bits per heavy atom. The van der Waals surface area contributed by atoms with E-state index in [0.717, 1.165) is 12.1 Å². The lowest BCUT2D eigenvalue weighted by Crippen LogP contribution is -2.25. The van der Waals surface area contributed by atoms with Crippen LogP contribution >= 0.6 is 0 Å². The van der Waals surface area contributed by atoms with Gasteiger partial charge in [-0.3, -0.25) is 0 Å². The zero-order chi connectivity index (χ0) is 10.6. The van der Waals surface area contributed by atoms with Crippen LogP contribution < -0.4 is 11.1 Å². The third-order valence-electron chi connectivity index (χ3n) is 2.49. The maximum atomic E-state index is 5.55. The van der Waals surface area contributed by atoms with Crippen LogP contribution in [-0.2, 0) is 6.42 Å². The van der Waals surface area contributed by atoms with E-state index in [1.54, 1.807) is 0 Å². The van der Waals surface area contributed by atoms with Crippen molar-refractivity contribution in [2.75, 3.05) is 11.9 Å². The van der Waals surface area contributed by atoms with Crippen LogP contribution in [0.2, 0.25) is 0 Å². The van der Waals surface area contributed by atoms with Gasteiger partial charge in [-0.05, 0) is 43.5 Å². The predicted molar refractivity (Wildman–Crippen MR) is 62.7 cm³/mol. The highest BCUT2D eigenvalue weighted by Gasteiger charge is 2.01. The Morgan fingerprint density at radius 2 is 2.14 bits per heavy atom. The summed E-state index contributed by atoms with van der Waals surface area (Å²) in [5, 5.41) is 3.36. The normalized spacial score (nSPS) is 12.6. The van der Waals surface area contributed by atoms with Gasteiger partial charge in [0.05, 0.1) is 0 Å². The van der Waals surface area contributed by atoms with Gasteiger partial charge in [-0.15, -0.1) is 0 Å². The minimum absolute atomic E-state index is 0.335. The maximum absolute atomic E-state index is 5.55. The van der Waals surface area contributed by atoms with E-state index in [2.05, 4.69) is 44.3 Å². The maximum Gasteiger partial charge on any atom is 0.0355 e. The van der Waals surface area contributed by atoms with E-state index in [-0.39, 0.29) is 0 Å². The van der Waals surface area contributed by atoms with Crippen molar-refractivity contribution in [3.8, 4) is 0 Å². The fourth-order valence-corrected chi connectivity index (χ4v) is 1.53. The van der Waals surface area contributed by atoms with E-state index in [9.17, 15) is 0 Å². The third-order valence-corrected chi connectivity index (χ3v) is 2.49. The van der Waals surface area contributed by atoms with Crippen LogP contribution in [0.25, 0.3) is 0 Å². The summed E-state index contributed by atoms with van der Waals surface area (Å²) in [5.41, 5.74) is 9.48. The lowest BCUT2D eigenvalue weighted by Gasteiger charge is -2.14. The van der Waals surface area contributed by atoms with Gasteiger partial charge in [0.2, 0.25) is 0 Å².